The van der Waals surface area contributed by atoms with Gasteiger partial charge >= 0.3 is 10.3 Å². The van der Waals surface area contributed by atoms with Crippen molar-refractivity contribution in [2.24, 2.45) is 16.6 Å². The van der Waals surface area contributed by atoms with E-state index in [-0.39, 0.29) is 0 Å². The van der Waals surface area contributed by atoms with E-state index in [0.717, 1.165) is 0 Å². The first-order valence-electron chi connectivity index (χ1n) is 3.99. The van der Waals surface area contributed by atoms with Crippen LogP contribution in [-0.4, -0.2) is 29.8 Å². The highest BCUT2D eigenvalue weighted by Crippen LogP contribution is 2.05. The molecule has 0 amide bonds. The number of nitrogens with two attached hydrogens (primary N) is 3. The minimum Gasteiger partial charge on any atom is -0.393 e. The third-order valence-corrected chi connectivity index (χ3v) is 1.33. The van der Waals surface area contributed by atoms with Gasteiger partial charge in [-0.15, -0.1) is 0 Å². The largest absolute Gasteiger partial charge is 0.393 e. The quantitative estimate of drug-likeness (QED) is 0.294. The van der Waals surface area contributed by atoms with Gasteiger partial charge in [0.05, 0.1) is 11.8 Å². The summed E-state index contributed by atoms with van der Waals surface area (Å²) in [5, 5.41) is 12.7. The fraction of sp³-hybridized carbons (Fsp3) is 1.00. The summed E-state index contributed by atoms with van der Waals surface area (Å²) in [6.07, 6.45) is 0.751. The van der Waals surface area contributed by atoms with Gasteiger partial charge in [-0.05, 0) is 13.3 Å². The molecule has 0 radical (unpaired) electrons. The minimum atomic E-state index is -4.17. The van der Waals surface area contributed by atoms with Crippen molar-refractivity contribution < 1.29 is 18.1 Å². The zero-order valence-corrected chi connectivity index (χ0v) is 9.16. The van der Waals surface area contributed by atoms with Crippen molar-refractivity contribution >= 4 is 10.3 Å². The Morgan fingerprint density at radius 3 is 1.79 bits per heavy atom. The minimum absolute atomic E-state index is 0.403. The number of hydrogen-bond acceptors (Lipinski definition) is 5. The number of aliphatic hydroxyl groups excluding tert-OH is 1. The molecule has 0 aromatic carbocycles. The van der Waals surface area contributed by atoms with E-state index in [9.17, 15) is 0 Å². The molecule has 1 unspecified atom stereocenters. The van der Waals surface area contributed by atoms with E-state index in [0.29, 0.717) is 12.8 Å². The van der Waals surface area contributed by atoms with E-state index >= 15 is 0 Å². The van der Waals surface area contributed by atoms with Gasteiger partial charge in [-0.1, -0.05) is 6.92 Å². The number of rotatable bonds is 3. The Balaban J connectivity index is 0. The Labute approximate surface area is 84.1 Å². The van der Waals surface area contributed by atoms with E-state index in [1.54, 1.807) is 6.92 Å². The van der Waals surface area contributed by atoms with Crippen molar-refractivity contribution in [3.05, 3.63) is 0 Å². The Morgan fingerprint density at radius 2 is 1.71 bits per heavy atom. The summed E-state index contributed by atoms with van der Waals surface area (Å²) in [7, 11) is -4.17. The van der Waals surface area contributed by atoms with Gasteiger partial charge in [0.2, 0.25) is 0 Å². The summed E-state index contributed by atoms with van der Waals surface area (Å²) in [5.74, 6) is 0. The van der Waals surface area contributed by atoms with Crippen molar-refractivity contribution in [3.8, 4) is 0 Å². The van der Waals surface area contributed by atoms with Crippen LogP contribution in [-0.2, 0) is 10.3 Å². The predicted molar refractivity (Wildman–Crippen MR) is 53.4 cm³/mol. The molecule has 0 saturated heterocycles. The fourth-order valence-corrected chi connectivity index (χ4v) is 0.694. The standard InChI is InChI=1S/C6H16N2O.H3NO3S/c1-3-6(7,8)4-5(2)9;1-5(2,3)4/h5,9H,3-4,7-8H2,1-2H3;(H3,1,2,3,4). The molecule has 0 rings (SSSR count). The van der Waals surface area contributed by atoms with Crippen LogP contribution >= 0.6 is 0 Å². The van der Waals surface area contributed by atoms with Gasteiger partial charge in [-0.25, -0.2) is 5.14 Å². The van der Waals surface area contributed by atoms with Crippen molar-refractivity contribution in [1.29, 1.82) is 0 Å². The lowest BCUT2D eigenvalue weighted by Gasteiger charge is -2.23. The van der Waals surface area contributed by atoms with Crippen LogP contribution in [0.4, 0.5) is 0 Å². The Bertz CT molecular complexity index is 229. The molecule has 0 aromatic heterocycles. The topological polar surface area (TPSA) is 153 Å². The Hall–Kier alpha value is -0.250. The lowest BCUT2D eigenvalue weighted by Crippen LogP contribution is -2.50. The first-order chi connectivity index (χ1) is 5.98. The van der Waals surface area contributed by atoms with E-state index in [2.05, 4.69) is 5.14 Å². The average Bonchev–Trinajstić information content (AvgIpc) is 1.80. The SMILES string of the molecule is CCC(N)(N)CC(C)O.NS(=O)(=O)O. The zero-order valence-electron chi connectivity index (χ0n) is 8.34. The van der Waals surface area contributed by atoms with Crippen molar-refractivity contribution in [2.75, 3.05) is 0 Å². The summed E-state index contributed by atoms with van der Waals surface area (Å²) in [5.41, 5.74) is 10.4. The highest BCUT2D eigenvalue weighted by atomic mass is 32.2. The third kappa shape index (κ3) is 22.6. The third-order valence-electron chi connectivity index (χ3n) is 1.33. The van der Waals surface area contributed by atoms with Gasteiger partial charge < -0.3 is 16.6 Å². The number of hydrogen-bond donors (Lipinski definition) is 5. The average molecular weight is 229 g/mol. The summed E-state index contributed by atoms with van der Waals surface area (Å²) in [6.45, 7) is 3.59. The molecule has 0 fully saturated rings. The highest BCUT2D eigenvalue weighted by Gasteiger charge is 2.17. The smallest absolute Gasteiger partial charge is 0.330 e. The maximum absolute atomic E-state index is 8.97. The molecule has 7 nitrogen and oxygen atoms in total. The fourth-order valence-electron chi connectivity index (χ4n) is 0.694. The lowest BCUT2D eigenvalue weighted by molar-refractivity contribution is 0.148. The van der Waals surface area contributed by atoms with Crippen LogP contribution < -0.4 is 16.6 Å². The van der Waals surface area contributed by atoms with Crippen molar-refractivity contribution in [1.82, 2.24) is 0 Å². The number of aliphatic hydroxyl groups is 1. The molecular weight excluding hydrogens is 210 g/mol. The molecule has 0 spiro atoms. The lowest BCUT2D eigenvalue weighted by atomic mass is 10.0. The van der Waals surface area contributed by atoms with Gasteiger partial charge in [0.1, 0.15) is 0 Å². The summed E-state index contributed by atoms with van der Waals surface area (Å²) in [6, 6.07) is 0. The highest BCUT2D eigenvalue weighted by molar-refractivity contribution is 7.83. The van der Waals surface area contributed by atoms with Gasteiger partial charge in [0.25, 0.3) is 0 Å². The molecular formula is C6H19N3O4S. The molecule has 0 aliphatic carbocycles. The zero-order chi connectivity index (χ0) is 12.0. The molecule has 1 atom stereocenters. The van der Waals surface area contributed by atoms with Crippen LogP contribution in [0.15, 0.2) is 0 Å². The maximum atomic E-state index is 8.97. The van der Waals surface area contributed by atoms with Gasteiger partial charge in [-0.3, -0.25) is 4.55 Å². The molecule has 0 aromatic rings. The molecule has 0 aliphatic rings. The van der Waals surface area contributed by atoms with Crippen LogP contribution in [0.1, 0.15) is 26.7 Å². The van der Waals surface area contributed by atoms with E-state index in [4.69, 9.17) is 29.5 Å². The summed E-state index contributed by atoms with van der Waals surface area (Å²) < 4.78 is 25.2. The van der Waals surface area contributed by atoms with Gasteiger partial charge in [-0.2, -0.15) is 8.42 Å². The second kappa shape index (κ2) is 6.27. The first-order valence-corrected chi connectivity index (χ1v) is 5.49. The van der Waals surface area contributed by atoms with Crippen LogP contribution in [0.3, 0.4) is 0 Å². The summed E-state index contributed by atoms with van der Waals surface area (Å²) in [4.78, 5) is 0. The molecule has 8 N–H and O–H groups in total. The van der Waals surface area contributed by atoms with E-state index in [1.165, 1.54) is 0 Å². The van der Waals surface area contributed by atoms with Crippen molar-refractivity contribution in [2.45, 2.75) is 38.5 Å². The molecule has 14 heavy (non-hydrogen) atoms. The first kappa shape index (κ1) is 16.2. The maximum Gasteiger partial charge on any atom is 0.330 e. The Morgan fingerprint density at radius 1 is 1.43 bits per heavy atom. The normalized spacial score (nSPS) is 14.2. The molecule has 0 bridgehead atoms. The van der Waals surface area contributed by atoms with Crippen LogP contribution in [0, 0.1) is 0 Å². The summed E-state index contributed by atoms with van der Waals surface area (Å²) >= 11 is 0. The van der Waals surface area contributed by atoms with Gasteiger partial charge in [0, 0.05) is 6.42 Å². The van der Waals surface area contributed by atoms with Crippen LogP contribution in [0.25, 0.3) is 0 Å². The van der Waals surface area contributed by atoms with Crippen LogP contribution in [0.2, 0.25) is 0 Å². The Kier molecular flexibility index (Phi) is 7.26. The van der Waals surface area contributed by atoms with Gasteiger partial charge in [0.15, 0.2) is 0 Å². The predicted octanol–water partition coefficient (Wildman–Crippen LogP) is -1.47. The molecule has 0 saturated carbocycles. The second-order valence-electron chi connectivity index (χ2n) is 3.15. The van der Waals surface area contributed by atoms with Crippen LogP contribution in [0.5, 0.6) is 0 Å². The molecule has 0 aliphatic heterocycles. The second-order valence-corrected chi connectivity index (χ2v) is 4.18. The van der Waals surface area contributed by atoms with E-state index in [1.807, 2.05) is 6.92 Å². The monoisotopic (exact) mass is 229 g/mol. The molecule has 8 heteroatoms. The molecule has 88 valence electrons. The van der Waals surface area contributed by atoms with E-state index < -0.39 is 22.1 Å². The molecule has 0 heterocycles. The van der Waals surface area contributed by atoms with Crippen molar-refractivity contribution in [3.63, 3.8) is 0 Å².